The monoisotopic (exact) mass is 300 g/mol. The van der Waals surface area contributed by atoms with Gasteiger partial charge in [-0.3, -0.25) is 0 Å². The van der Waals surface area contributed by atoms with Gasteiger partial charge in [0.1, 0.15) is 12.1 Å². The summed E-state index contributed by atoms with van der Waals surface area (Å²) in [6.07, 6.45) is 2.61. The van der Waals surface area contributed by atoms with Crippen LogP contribution < -0.4 is 5.32 Å². The van der Waals surface area contributed by atoms with E-state index in [2.05, 4.69) is 16.9 Å². The van der Waals surface area contributed by atoms with Crippen molar-refractivity contribution >= 4 is 21.3 Å². The highest BCUT2D eigenvalue weighted by molar-refractivity contribution is 7.17. The average Bonchev–Trinajstić information content (AvgIpc) is 2.37. The summed E-state index contributed by atoms with van der Waals surface area (Å²) in [7, 11) is 1.48. The van der Waals surface area contributed by atoms with Crippen LogP contribution in [0, 0.1) is 5.92 Å². The molecule has 1 aromatic rings. The maximum Gasteiger partial charge on any atom is 0.285 e. The third-order valence-electron chi connectivity index (χ3n) is 2.96. The van der Waals surface area contributed by atoms with Gasteiger partial charge in [0.05, 0.1) is 0 Å². The second-order valence-electron chi connectivity index (χ2n) is 4.89. The number of hydrogen-bond acceptors (Lipinski definition) is 3. The Balaban J connectivity index is 2.61. The molecule has 20 heavy (non-hydrogen) atoms. The minimum Gasteiger partial charge on any atom is -0.367 e. The molecule has 0 aromatic carbocycles. The Bertz CT molecular complexity index is 471. The van der Waals surface area contributed by atoms with Crippen LogP contribution in [-0.4, -0.2) is 17.3 Å². The Morgan fingerprint density at radius 2 is 2.20 bits per heavy atom. The van der Waals surface area contributed by atoms with Crippen LogP contribution >= 0.6 is 9.24 Å². The van der Waals surface area contributed by atoms with Gasteiger partial charge in [-0.25, -0.2) is 4.98 Å². The zero-order valence-corrected chi connectivity index (χ0v) is 12.7. The largest absolute Gasteiger partial charge is 0.367 e. The second-order valence-corrected chi connectivity index (χ2v) is 5.61. The number of anilines is 1. The fourth-order valence-electron chi connectivity index (χ4n) is 1.66. The van der Waals surface area contributed by atoms with Crippen LogP contribution in [0.3, 0.4) is 0 Å². The van der Waals surface area contributed by atoms with E-state index in [1.165, 1.54) is 21.4 Å². The minimum absolute atomic E-state index is 0.0137. The van der Waals surface area contributed by atoms with E-state index in [1.54, 1.807) is 6.92 Å². The molecule has 0 saturated heterocycles. The van der Waals surface area contributed by atoms with E-state index in [0.29, 0.717) is 12.2 Å². The van der Waals surface area contributed by atoms with E-state index in [9.17, 15) is 13.6 Å². The first-order valence-electron chi connectivity index (χ1n) is 6.26. The summed E-state index contributed by atoms with van der Waals surface area (Å²) in [6, 6.07) is 2.85. The Morgan fingerprint density at radius 3 is 2.65 bits per heavy atom. The van der Waals surface area contributed by atoms with Crippen LogP contribution in [0.15, 0.2) is 30.5 Å². The maximum absolute atomic E-state index is 13.0. The fraction of sp³-hybridized carbons (Fsp3) is 0.429. The number of pyridine rings is 1. The van der Waals surface area contributed by atoms with E-state index in [0.717, 1.165) is 18.1 Å². The van der Waals surface area contributed by atoms with Gasteiger partial charge in [-0.15, -0.1) is 0 Å². The van der Waals surface area contributed by atoms with Gasteiger partial charge >= 0.3 is 0 Å². The molecule has 0 bridgehead atoms. The third-order valence-corrected chi connectivity index (χ3v) is 3.29. The first kappa shape index (κ1) is 16.7. The van der Waals surface area contributed by atoms with Gasteiger partial charge in [0.2, 0.25) is 0 Å². The molecule has 110 valence electrons. The van der Waals surface area contributed by atoms with Crippen LogP contribution in [0.5, 0.6) is 0 Å². The number of alkyl halides is 2. The summed E-state index contributed by atoms with van der Waals surface area (Å²) in [4.78, 5) is 14.6. The predicted octanol–water partition coefficient (Wildman–Crippen LogP) is 3.59. The molecule has 0 fully saturated rings. The van der Waals surface area contributed by atoms with Crippen molar-refractivity contribution in [1.82, 2.24) is 4.98 Å². The number of rotatable bonds is 7. The van der Waals surface area contributed by atoms with Crippen molar-refractivity contribution in [1.29, 1.82) is 0 Å². The molecule has 0 aliphatic rings. The van der Waals surface area contributed by atoms with E-state index in [-0.39, 0.29) is 17.5 Å². The lowest BCUT2D eigenvalue weighted by atomic mass is 9.98. The first-order chi connectivity index (χ1) is 9.24. The van der Waals surface area contributed by atoms with Crippen molar-refractivity contribution in [3.8, 4) is 0 Å². The van der Waals surface area contributed by atoms with E-state index in [4.69, 9.17) is 0 Å². The van der Waals surface area contributed by atoms with E-state index < -0.39 is 5.66 Å². The quantitative estimate of drug-likeness (QED) is 0.475. The molecule has 1 aromatic heterocycles. The van der Waals surface area contributed by atoms with Gasteiger partial charge in [0.25, 0.3) is 5.66 Å². The molecule has 3 unspecified atom stereocenters. The molecule has 0 spiro atoms. The molecule has 3 atom stereocenters. The normalized spacial score (nSPS) is 14.4. The van der Waals surface area contributed by atoms with Gasteiger partial charge in [0, 0.05) is 23.7 Å². The third kappa shape index (κ3) is 4.97. The highest BCUT2D eigenvalue weighted by Crippen LogP contribution is 2.34. The second kappa shape index (κ2) is 6.89. The number of hydrogen-bond donors (Lipinski definition) is 1. The zero-order chi connectivity index (χ0) is 15.3. The van der Waals surface area contributed by atoms with Crippen LogP contribution in [0.1, 0.15) is 25.8 Å². The number of nitrogens with one attached hydrogen (secondary N) is 1. The molecule has 0 aliphatic heterocycles. The molecular formula is C14H19F2N2OP. The topological polar surface area (TPSA) is 42.0 Å². The zero-order valence-electron chi connectivity index (χ0n) is 11.6. The smallest absolute Gasteiger partial charge is 0.285 e. The predicted molar refractivity (Wildman–Crippen MR) is 79.9 cm³/mol. The molecule has 0 aliphatic carbocycles. The molecule has 1 heterocycles. The fourth-order valence-corrected chi connectivity index (χ4v) is 1.83. The van der Waals surface area contributed by atoms with Crippen molar-refractivity contribution in [3.63, 3.8) is 0 Å². The van der Waals surface area contributed by atoms with E-state index >= 15 is 0 Å². The molecule has 1 N–H and O–H groups in total. The van der Waals surface area contributed by atoms with Crippen LogP contribution in [-0.2, 0) is 10.5 Å². The average molecular weight is 300 g/mol. The molecular weight excluding hydrogens is 281 g/mol. The van der Waals surface area contributed by atoms with Crippen molar-refractivity contribution in [2.75, 3.05) is 5.32 Å². The molecule has 3 nitrogen and oxygen atoms in total. The lowest BCUT2D eigenvalue weighted by Crippen LogP contribution is -2.18. The van der Waals surface area contributed by atoms with Crippen LogP contribution in [0.25, 0.3) is 0 Å². The first-order valence-corrected chi connectivity index (χ1v) is 6.84. The van der Waals surface area contributed by atoms with Crippen LogP contribution in [0.2, 0.25) is 0 Å². The molecule has 6 heteroatoms. The Morgan fingerprint density at radius 1 is 1.55 bits per heavy atom. The number of halogens is 2. The highest BCUT2D eigenvalue weighted by Gasteiger charge is 2.24. The number of aldehydes is 1. The lowest BCUT2D eigenvalue weighted by Gasteiger charge is -2.18. The van der Waals surface area contributed by atoms with Crippen molar-refractivity contribution in [2.24, 2.45) is 5.92 Å². The highest BCUT2D eigenvalue weighted by atomic mass is 31.0. The van der Waals surface area contributed by atoms with E-state index in [1.807, 2.05) is 6.92 Å². The number of carbonyl (C=O) groups excluding carboxylic acids is 1. The molecule has 0 amide bonds. The van der Waals surface area contributed by atoms with Crippen LogP contribution in [0.4, 0.5) is 14.6 Å². The van der Waals surface area contributed by atoms with Crippen molar-refractivity contribution in [3.05, 3.63) is 36.0 Å². The standard InChI is InChI=1S/C14H19F2N2OP/c1-9(10(2)8-19)6-11(3)18-13-5-4-12(7-17-13)14(15,16)20/h4-5,7-8,10-11H,1,6,20H2,2-3H3,(H,17,18). The Labute approximate surface area is 120 Å². The molecule has 0 saturated carbocycles. The van der Waals surface area contributed by atoms with Crippen molar-refractivity contribution in [2.45, 2.75) is 32.0 Å². The van der Waals surface area contributed by atoms with Gasteiger partial charge in [-0.05, 0) is 25.5 Å². The van der Waals surface area contributed by atoms with Crippen molar-refractivity contribution < 1.29 is 13.6 Å². The number of carbonyl (C=O) groups is 1. The minimum atomic E-state index is -2.97. The lowest BCUT2D eigenvalue weighted by molar-refractivity contribution is -0.109. The molecule has 1 rings (SSSR count). The summed E-state index contributed by atoms with van der Waals surface area (Å²) in [5.74, 6) is 0.326. The summed E-state index contributed by atoms with van der Waals surface area (Å²) in [5, 5.41) is 3.09. The Hall–Kier alpha value is -1.35. The van der Waals surface area contributed by atoms with Gasteiger partial charge in [0.15, 0.2) is 0 Å². The number of aromatic nitrogens is 1. The summed E-state index contributed by atoms with van der Waals surface area (Å²) in [6.45, 7) is 7.57. The van der Waals surface area contributed by atoms with Gasteiger partial charge in [-0.2, -0.15) is 8.78 Å². The number of nitrogens with zero attached hydrogens (tertiary/aromatic N) is 1. The Kier molecular flexibility index (Phi) is 5.75. The van der Waals surface area contributed by atoms with Gasteiger partial charge in [-0.1, -0.05) is 28.3 Å². The summed E-state index contributed by atoms with van der Waals surface area (Å²) < 4.78 is 26.0. The summed E-state index contributed by atoms with van der Waals surface area (Å²) >= 11 is 0. The summed E-state index contributed by atoms with van der Waals surface area (Å²) in [5.41, 5.74) is -2.29. The van der Waals surface area contributed by atoms with Gasteiger partial charge < -0.3 is 10.1 Å². The maximum atomic E-state index is 13.0. The molecule has 0 radical (unpaired) electrons. The SMILES string of the molecule is C=C(CC(C)Nc1ccc(C(F)(F)P)cn1)C(C)C=O.